The van der Waals surface area contributed by atoms with Crippen LogP contribution >= 0.6 is 23.2 Å². The molecule has 4 aromatic rings. The number of carbonyl (C=O) groups is 1. The molecule has 1 aromatic heterocycles. The van der Waals surface area contributed by atoms with Crippen molar-refractivity contribution in [2.24, 2.45) is 0 Å². The molecule has 0 saturated heterocycles. The first-order valence-electron chi connectivity index (χ1n) is 11.5. The van der Waals surface area contributed by atoms with Gasteiger partial charge in [-0.25, -0.2) is 4.79 Å². The number of carbonyl (C=O) groups excluding carboxylic acids is 1. The van der Waals surface area contributed by atoms with Gasteiger partial charge in [0.15, 0.2) is 11.5 Å². The maximum atomic E-state index is 13.2. The molecule has 198 valence electrons. The Morgan fingerprint density at radius 2 is 1.66 bits per heavy atom. The predicted molar refractivity (Wildman–Crippen MR) is 145 cm³/mol. The second kappa shape index (κ2) is 11.7. The summed E-state index contributed by atoms with van der Waals surface area (Å²) < 4.78 is 21.9. The number of benzene rings is 3. The molecule has 1 heterocycles. The van der Waals surface area contributed by atoms with Gasteiger partial charge in [-0.3, -0.25) is 4.79 Å². The fourth-order valence-electron chi connectivity index (χ4n) is 4.25. The molecule has 1 amide bonds. The van der Waals surface area contributed by atoms with Crippen molar-refractivity contribution in [2.75, 3.05) is 21.3 Å². The minimum atomic E-state index is -0.918. The highest BCUT2D eigenvalue weighted by molar-refractivity contribution is 6.42. The van der Waals surface area contributed by atoms with Crippen LogP contribution in [-0.4, -0.2) is 32.3 Å². The third kappa shape index (κ3) is 5.51. The minimum Gasteiger partial charge on any atom is -0.507 e. The van der Waals surface area contributed by atoms with Crippen LogP contribution in [0.2, 0.25) is 10.0 Å². The summed E-state index contributed by atoms with van der Waals surface area (Å²) in [6, 6.07) is 14.9. The van der Waals surface area contributed by atoms with Crippen LogP contribution in [0.5, 0.6) is 23.0 Å². The van der Waals surface area contributed by atoms with Crippen LogP contribution in [0.3, 0.4) is 0 Å². The maximum absolute atomic E-state index is 13.2. The zero-order valence-electron chi connectivity index (χ0n) is 20.8. The normalized spacial score (nSPS) is 11.7. The molecule has 0 radical (unpaired) electrons. The number of fused-ring (bicyclic) bond motifs is 1. The first kappa shape index (κ1) is 27.2. The molecule has 0 aliphatic carbocycles. The lowest BCUT2D eigenvalue weighted by molar-refractivity contribution is -0.121. The van der Waals surface area contributed by atoms with Crippen molar-refractivity contribution in [3.8, 4) is 23.0 Å². The van der Waals surface area contributed by atoms with Crippen molar-refractivity contribution in [3.05, 3.63) is 91.8 Å². The number of rotatable bonds is 9. The lowest BCUT2D eigenvalue weighted by atomic mass is 9.87. The highest BCUT2D eigenvalue weighted by Gasteiger charge is 2.29. The van der Waals surface area contributed by atoms with E-state index >= 15 is 0 Å². The minimum absolute atomic E-state index is 0.0670. The number of halogens is 2. The van der Waals surface area contributed by atoms with Gasteiger partial charge in [0.25, 0.3) is 0 Å². The smallest absolute Gasteiger partial charge is 0.343 e. The Morgan fingerprint density at radius 3 is 2.29 bits per heavy atom. The fraction of sp³-hybridized carbons (Fsp3) is 0.214. The topological polar surface area (TPSA) is 107 Å². The van der Waals surface area contributed by atoms with Crippen molar-refractivity contribution >= 4 is 40.1 Å². The average Bonchev–Trinajstić information content (AvgIpc) is 2.92. The van der Waals surface area contributed by atoms with Crippen molar-refractivity contribution in [1.29, 1.82) is 0 Å². The van der Waals surface area contributed by atoms with Crippen molar-refractivity contribution in [1.82, 2.24) is 5.32 Å². The molecule has 2 N–H and O–H groups in total. The SMILES string of the molecule is COc1cc(C(CC(=O)NCc2ccc(Cl)c(Cl)c2)c2c(O)c3ccccc3oc2=O)cc(OC)c1OC. The summed E-state index contributed by atoms with van der Waals surface area (Å²) in [4.78, 5) is 26.3. The highest BCUT2D eigenvalue weighted by atomic mass is 35.5. The number of hydrogen-bond acceptors (Lipinski definition) is 7. The largest absolute Gasteiger partial charge is 0.507 e. The molecule has 0 spiro atoms. The fourth-order valence-corrected chi connectivity index (χ4v) is 4.57. The summed E-state index contributed by atoms with van der Waals surface area (Å²) in [5.41, 5.74) is 0.610. The highest BCUT2D eigenvalue weighted by Crippen LogP contribution is 2.43. The third-order valence-corrected chi connectivity index (χ3v) is 6.86. The number of nitrogens with one attached hydrogen (secondary N) is 1. The van der Waals surface area contributed by atoms with E-state index in [1.165, 1.54) is 21.3 Å². The van der Waals surface area contributed by atoms with E-state index in [0.717, 1.165) is 5.56 Å². The summed E-state index contributed by atoms with van der Waals surface area (Å²) in [6.07, 6.45) is -0.198. The summed E-state index contributed by atoms with van der Waals surface area (Å²) >= 11 is 12.1. The Labute approximate surface area is 228 Å². The van der Waals surface area contributed by atoms with Crippen LogP contribution in [-0.2, 0) is 11.3 Å². The second-order valence-corrected chi connectivity index (χ2v) is 9.20. The van der Waals surface area contributed by atoms with Crippen LogP contribution < -0.4 is 25.2 Å². The molecule has 8 nitrogen and oxygen atoms in total. The summed E-state index contributed by atoms with van der Waals surface area (Å²) in [7, 11) is 4.39. The standard InChI is InChI=1S/C28H25Cl2NO7/c1-35-22-11-16(12-23(36-2)27(22)37-3)18(13-24(32)31-14-15-8-9-19(29)20(30)10-15)25-26(33)17-6-4-5-7-21(17)38-28(25)34/h4-12,18,33H,13-14H2,1-3H3,(H,31,32). The Balaban J connectivity index is 1.78. The van der Waals surface area contributed by atoms with E-state index in [1.807, 2.05) is 0 Å². The second-order valence-electron chi connectivity index (χ2n) is 8.39. The quantitative estimate of drug-likeness (QED) is 0.255. The lowest BCUT2D eigenvalue weighted by Crippen LogP contribution is -2.26. The molecule has 10 heteroatoms. The van der Waals surface area contributed by atoms with Gasteiger partial charge < -0.3 is 29.1 Å². The van der Waals surface area contributed by atoms with Gasteiger partial charge in [0.1, 0.15) is 11.3 Å². The third-order valence-electron chi connectivity index (χ3n) is 6.12. The van der Waals surface area contributed by atoms with E-state index in [4.69, 9.17) is 41.8 Å². The average molecular weight is 558 g/mol. The molecule has 3 aromatic carbocycles. The molecule has 1 atom stereocenters. The molecule has 0 saturated carbocycles. The van der Waals surface area contributed by atoms with Gasteiger partial charge in [0.05, 0.1) is 42.3 Å². The zero-order chi connectivity index (χ0) is 27.4. The maximum Gasteiger partial charge on any atom is 0.343 e. The molecule has 0 aliphatic rings. The van der Waals surface area contributed by atoms with Crippen LogP contribution in [0, 0.1) is 0 Å². The van der Waals surface area contributed by atoms with Crippen LogP contribution in [0.1, 0.15) is 29.0 Å². The molecule has 0 fully saturated rings. The van der Waals surface area contributed by atoms with E-state index in [1.54, 1.807) is 54.6 Å². The van der Waals surface area contributed by atoms with E-state index in [-0.39, 0.29) is 35.8 Å². The molecule has 0 aliphatic heterocycles. The van der Waals surface area contributed by atoms with Gasteiger partial charge in [0, 0.05) is 18.9 Å². The first-order valence-corrected chi connectivity index (χ1v) is 12.3. The first-order chi connectivity index (χ1) is 18.3. The lowest BCUT2D eigenvalue weighted by Gasteiger charge is -2.21. The summed E-state index contributed by atoms with van der Waals surface area (Å²) in [5.74, 6) is -0.579. The van der Waals surface area contributed by atoms with Crippen LogP contribution in [0.15, 0.2) is 63.8 Å². The molecule has 38 heavy (non-hydrogen) atoms. The van der Waals surface area contributed by atoms with Gasteiger partial charge in [0.2, 0.25) is 11.7 Å². The molecular formula is C28H25Cl2NO7. The molecule has 0 bridgehead atoms. The van der Waals surface area contributed by atoms with Crippen molar-refractivity contribution in [3.63, 3.8) is 0 Å². The Bertz CT molecular complexity index is 1530. The number of methoxy groups -OCH3 is 3. The van der Waals surface area contributed by atoms with Gasteiger partial charge in [-0.1, -0.05) is 41.4 Å². The zero-order valence-corrected chi connectivity index (χ0v) is 22.4. The number of ether oxygens (including phenoxy) is 3. The number of amides is 1. The predicted octanol–water partition coefficient (Wildman–Crippen LogP) is 5.67. The van der Waals surface area contributed by atoms with Gasteiger partial charge in [-0.15, -0.1) is 0 Å². The van der Waals surface area contributed by atoms with Gasteiger partial charge in [-0.05, 0) is 47.5 Å². The van der Waals surface area contributed by atoms with E-state index < -0.39 is 11.5 Å². The van der Waals surface area contributed by atoms with E-state index in [0.29, 0.717) is 38.2 Å². The van der Waals surface area contributed by atoms with Gasteiger partial charge in [-0.2, -0.15) is 0 Å². The van der Waals surface area contributed by atoms with Crippen LogP contribution in [0.25, 0.3) is 11.0 Å². The van der Waals surface area contributed by atoms with Crippen LogP contribution in [0.4, 0.5) is 0 Å². The van der Waals surface area contributed by atoms with Crippen molar-refractivity contribution in [2.45, 2.75) is 18.9 Å². The Hall–Kier alpha value is -3.88. The number of aromatic hydroxyl groups is 1. The van der Waals surface area contributed by atoms with E-state index in [2.05, 4.69) is 5.32 Å². The molecule has 4 rings (SSSR count). The monoisotopic (exact) mass is 557 g/mol. The molecule has 1 unspecified atom stereocenters. The van der Waals surface area contributed by atoms with E-state index in [9.17, 15) is 14.7 Å². The Morgan fingerprint density at radius 1 is 0.974 bits per heavy atom. The number of para-hydroxylation sites is 1. The summed E-state index contributed by atoms with van der Waals surface area (Å²) in [6.45, 7) is 0.177. The Kier molecular flexibility index (Phi) is 8.34. The molecular weight excluding hydrogens is 533 g/mol. The number of hydrogen-bond donors (Lipinski definition) is 2. The summed E-state index contributed by atoms with van der Waals surface area (Å²) in [5, 5.41) is 15.1. The van der Waals surface area contributed by atoms with Gasteiger partial charge >= 0.3 is 5.63 Å². The van der Waals surface area contributed by atoms with Crippen molar-refractivity contribution < 1.29 is 28.5 Å².